The molecule has 0 saturated heterocycles. The van der Waals surface area contributed by atoms with E-state index in [1.807, 2.05) is 6.07 Å². The third kappa shape index (κ3) is 2.46. The molecule has 0 radical (unpaired) electrons. The summed E-state index contributed by atoms with van der Waals surface area (Å²) >= 11 is 0. The maximum Gasteiger partial charge on any atom is 0.354 e. The topological polar surface area (TPSA) is 65.9 Å². The Hall–Kier alpha value is -1.76. The van der Waals surface area contributed by atoms with E-state index in [0.29, 0.717) is 29.3 Å². The van der Waals surface area contributed by atoms with Gasteiger partial charge < -0.3 is 9.72 Å². The van der Waals surface area contributed by atoms with Crippen LogP contribution in [0.2, 0.25) is 0 Å². The summed E-state index contributed by atoms with van der Waals surface area (Å²) in [4.78, 5) is 14.6. The molecule has 0 aliphatic heterocycles. The number of nitriles is 1. The van der Waals surface area contributed by atoms with Crippen LogP contribution >= 0.6 is 0 Å². The van der Waals surface area contributed by atoms with Gasteiger partial charge in [0.1, 0.15) is 17.5 Å². The molecule has 3 saturated carbocycles. The van der Waals surface area contributed by atoms with E-state index in [1.54, 1.807) is 12.1 Å². The number of esters is 1. The first-order valence-corrected chi connectivity index (χ1v) is 7.78. The third-order valence-corrected chi connectivity index (χ3v) is 5.75. The van der Waals surface area contributed by atoms with Gasteiger partial charge in [-0.3, -0.25) is 0 Å². The van der Waals surface area contributed by atoms with E-state index < -0.39 is 0 Å². The molecule has 21 heavy (non-hydrogen) atoms. The van der Waals surface area contributed by atoms with Crippen molar-refractivity contribution in [3.63, 3.8) is 0 Å². The first-order chi connectivity index (χ1) is 10.0. The third-order valence-electron chi connectivity index (χ3n) is 5.75. The first kappa shape index (κ1) is 14.2. The van der Waals surface area contributed by atoms with Gasteiger partial charge in [0.05, 0.1) is 6.61 Å². The van der Waals surface area contributed by atoms with Crippen molar-refractivity contribution in [1.29, 1.82) is 5.26 Å². The van der Waals surface area contributed by atoms with Gasteiger partial charge >= 0.3 is 5.97 Å². The second-order valence-electron chi connectivity index (χ2n) is 7.02. The van der Waals surface area contributed by atoms with E-state index in [-0.39, 0.29) is 5.97 Å². The summed E-state index contributed by atoms with van der Waals surface area (Å²) in [5, 5.41) is 8.73. The number of aromatic amines is 1. The number of nitrogens with zero attached hydrogens (tertiary/aromatic N) is 1. The first-order valence-electron chi connectivity index (χ1n) is 7.78. The lowest BCUT2D eigenvalue weighted by Crippen LogP contribution is -2.52. The van der Waals surface area contributed by atoms with Gasteiger partial charge in [-0.2, -0.15) is 5.26 Å². The van der Waals surface area contributed by atoms with Gasteiger partial charge in [-0.25, -0.2) is 4.79 Å². The zero-order valence-corrected chi connectivity index (χ0v) is 12.7. The average Bonchev–Trinajstić information content (AvgIpc) is 2.96. The van der Waals surface area contributed by atoms with Crippen LogP contribution in [-0.2, 0) is 4.74 Å². The number of aromatic nitrogens is 1. The van der Waals surface area contributed by atoms with Crippen molar-refractivity contribution in [3.05, 3.63) is 23.5 Å². The van der Waals surface area contributed by atoms with Crippen molar-refractivity contribution >= 4 is 5.97 Å². The monoisotopic (exact) mass is 286 g/mol. The fraction of sp³-hybridized carbons (Fsp3) is 0.647. The fourth-order valence-electron chi connectivity index (χ4n) is 4.27. The summed E-state index contributed by atoms with van der Waals surface area (Å²) in [6.07, 6.45) is 4.91. The Balaban J connectivity index is 1.48. The number of rotatable bonds is 4. The number of hydrogen-bond acceptors (Lipinski definition) is 3. The van der Waals surface area contributed by atoms with Crippen LogP contribution in [0.3, 0.4) is 0 Å². The summed E-state index contributed by atoms with van der Waals surface area (Å²) in [6.45, 7) is 5.24. The molecule has 3 aliphatic rings. The minimum Gasteiger partial charge on any atom is -0.461 e. The standard InChI is InChI=1S/C17H22N2O2/c1-17(2)12-4-3-11(14(17)9-12)7-8-21-16(20)15-6-5-13(10-18)19-15/h5-6,11-12,14,19H,3-4,7-9H2,1-2H3/t11-,12+,14+/m0/s1. The molecule has 112 valence electrons. The van der Waals surface area contributed by atoms with Crippen LogP contribution in [0.25, 0.3) is 0 Å². The Morgan fingerprint density at radius 2 is 2.29 bits per heavy atom. The number of fused-ring (bicyclic) bond motifs is 2. The highest BCUT2D eigenvalue weighted by Crippen LogP contribution is 2.61. The summed E-state index contributed by atoms with van der Waals surface area (Å²) in [5.74, 6) is 2.03. The molecular formula is C17H22N2O2. The largest absolute Gasteiger partial charge is 0.461 e. The van der Waals surface area contributed by atoms with E-state index in [0.717, 1.165) is 18.3 Å². The highest BCUT2D eigenvalue weighted by Gasteiger charge is 2.53. The molecular weight excluding hydrogens is 264 g/mol. The van der Waals surface area contributed by atoms with Gasteiger partial charge in [0.25, 0.3) is 0 Å². The molecule has 3 aliphatic carbocycles. The molecule has 2 bridgehead atoms. The highest BCUT2D eigenvalue weighted by molar-refractivity contribution is 5.87. The van der Waals surface area contributed by atoms with Crippen LogP contribution in [-0.4, -0.2) is 17.6 Å². The number of H-pyrrole nitrogens is 1. The maximum absolute atomic E-state index is 11.9. The molecule has 1 aromatic rings. The van der Waals surface area contributed by atoms with Crippen molar-refractivity contribution in [1.82, 2.24) is 4.98 Å². The summed E-state index contributed by atoms with van der Waals surface area (Å²) in [5.41, 5.74) is 1.23. The maximum atomic E-state index is 11.9. The Labute approximate surface area is 125 Å². The predicted octanol–water partition coefficient (Wildman–Crippen LogP) is 3.51. The minimum atomic E-state index is -0.363. The van der Waals surface area contributed by atoms with Crippen molar-refractivity contribution in [2.45, 2.75) is 39.5 Å². The number of ether oxygens (including phenoxy) is 1. The molecule has 1 aromatic heterocycles. The van der Waals surface area contributed by atoms with Gasteiger partial charge in [-0.1, -0.05) is 13.8 Å². The summed E-state index contributed by atoms with van der Waals surface area (Å²) < 4.78 is 5.34. The van der Waals surface area contributed by atoms with Gasteiger partial charge in [0, 0.05) is 0 Å². The molecule has 0 amide bonds. The molecule has 1 N–H and O–H groups in total. The molecule has 0 aromatic carbocycles. The molecule has 3 atom stereocenters. The van der Waals surface area contributed by atoms with Gasteiger partial charge in [0.2, 0.25) is 0 Å². The highest BCUT2D eigenvalue weighted by atomic mass is 16.5. The number of carbonyl (C=O) groups is 1. The molecule has 4 heteroatoms. The lowest BCUT2D eigenvalue weighted by molar-refractivity contribution is -0.109. The zero-order valence-electron chi connectivity index (χ0n) is 12.7. The Morgan fingerprint density at radius 3 is 2.90 bits per heavy atom. The van der Waals surface area contributed by atoms with E-state index in [1.165, 1.54) is 19.3 Å². The quantitative estimate of drug-likeness (QED) is 0.861. The molecule has 4 nitrogen and oxygen atoms in total. The van der Waals surface area contributed by atoms with Crippen molar-refractivity contribution in [2.24, 2.45) is 23.2 Å². The number of carbonyl (C=O) groups excluding carboxylic acids is 1. The van der Waals surface area contributed by atoms with Crippen LogP contribution in [0.5, 0.6) is 0 Å². The van der Waals surface area contributed by atoms with Gasteiger partial charge in [-0.15, -0.1) is 0 Å². The van der Waals surface area contributed by atoms with E-state index in [4.69, 9.17) is 10.00 Å². The van der Waals surface area contributed by atoms with E-state index in [2.05, 4.69) is 18.8 Å². The van der Waals surface area contributed by atoms with Crippen LogP contribution in [0.1, 0.15) is 55.7 Å². The molecule has 0 spiro atoms. The molecule has 0 unspecified atom stereocenters. The normalized spacial score (nSPS) is 29.3. The second kappa shape index (κ2) is 5.22. The van der Waals surface area contributed by atoms with Crippen LogP contribution < -0.4 is 0 Å². The summed E-state index contributed by atoms with van der Waals surface area (Å²) in [6, 6.07) is 5.16. The zero-order chi connectivity index (χ0) is 15.0. The van der Waals surface area contributed by atoms with Crippen LogP contribution in [0.15, 0.2) is 12.1 Å². The second-order valence-corrected chi connectivity index (χ2v) is 7.02. The van der Waals surface area contributed by atoms with Crippen LogP contribution in [0.4, 0.5) is 0 Å². The van der Waals surface area contributed by atoms with Crippen molar-refractivity contribution in [3.8, 4) is 6.07 Å². The Kier molecular flexibility index (Phi) is 3.52. The molecule has 4 rings (SSSR count). The van der Waals surface area contributed by atoms with E-state index in [9.17, 15) is 4.79 Å². The average molecular weight is 286 g/mol. The lowest BCUT2D eigenvalue weighted by atomic mass is 9.45. The molecule has 1 heterocycles. The Bertz CT molecular complexity index is 580. The number of nitrogens with one attached hydrogen (secondary N) is 1. The van der Waals surface area contributed by atoms with Crippen LogP contribution in [0, 0.1) is 34.5 Å². The van der Waals surface area contributed by atoms with Crippen molar-refractivity contribution < 1.29 is 9.53 Å². The lowest BCUT2D eigenvalue weighted by Gasteiger charge is -2.60. The Morgan fingerprint density at radius 1 is 1.48 bits per heavy atom. The van der Waals surface area contributed by atoms with Crippen molar-refractivity contribution in [2.75, 3.05) is 6.61 Å². The minimum absolute atomic E-state index is 0.360. The van der Waals surface area contributed by atoms with E-state index >= 15 is 0 Å². The van der Waals surface area contributed by atoms with Gasteiger partial charge in [-0.05, 0) is 61.0 Å². The fourth-order valence-corrected chi connectivity index (χ4v) is 4.27. The summed E-state index contributed by atoms with van der Waals surface area (Å²) in [7, 11) is 0. The smallest absolute Gasteiger partial charge is 0.354 e. The SMILES string of the molecule is CC1(C)[C@@H]2CC[C@@H](CCOC(=O)c3ccc(C#N)[nH]3)[C@H]1C2. The van der Waals surface area contributed by atoms with Gasteiger partial charge in [0.15, 0.2) is 0 Å². The molecule has 3 fully saturated rings. The number of hydrogen-bond donors (Lipinski definition) is 1. The predicted molar refractivity (Wildman–Crippen MR) is 78.5 cm³/mol.